The smallest absolute Gasteiger partial charge is 0.317 e. The number of hydrogen-bond acceptors (Lipinski definition) is 13. The monoisotopic (exact) mass is 643 g/mol. The Kier molecular flexibility index (Phi) is 16.7. The van der Waals surface area contributed by atoms with Gasteiger partial charge in [0, 0.05) is 72.0 Å². The lowest BCUT2D eigenvalue weighted by Gasteiger charge is -2.32. The highest BCUT2D eigenvalue weighted by Gasteiger charge is 2.22. The van der Waals surface area contributed by atoms with Crippen molar-refractivity contribution >= 4 is 47.0 Å². The van der Waals surface area contributed by atoms with E-state index in [0.717, 1.165) is 18.6 Å². The van der Waals surface area contributed by atoms with Gasteiger partial charge >= 0.3 is 17.9 Å². The van der Waals surface area contributed by atoms with Crippen molar-refractivity contribution in [1.82, 2.24) is 24.9 Å². The minimum absolute atomic E-state index is 0.0179. The maximum atomic E-state index is 12.8. The lowest BCUT2D eigenvalue weighted by Crippen LogP contribution is -2.50. The van der Waals surface area contributed by atoms with Crippen LogP contribution in [0.2, 0.25) is 0 Å². The lowest BCUT2D eigenvalue weighted by molar-refractivity contribution is -0.140. The van der Waals surface area contributed by atoms with Crippen LogP contribution in [0.15, 0.2) is 9.59 Å². The van der Waals surface area contributed by atoms with Crippen molar-refractivity contribution < 1.29 is 34.5 Å². The highest BCUT2D eigenvalue weighted by molar-refractivity contribution is 7.98. The van der Waals surface area contributed by atoms with E-state index in [9.17, 15) is 44.1 Å². The molecule has 1 saturated heterocycles. The van der Waals surface area contributed by atoms with Crippen molar-refractivity contribution in [2.75, 3.05) is 121 Å². The maximum Gasteiger partial charge on any atom is 0.317 e. The van der Waals surface area contributed by atoms with Gasteiger partial charge in [-0.2, -0.15) is 11.8 Å². The zero-order valence-electron chi connectivity index (χ0n) is 25.2. The summed E-state index contributed by atoms with van der Waals surface area (Å²) in [6.07, 6.45) is 3.89. The van der Waals surface area contributed by atoms with Crippen LogP contribution in [-0.4, -0.2) is 169 Å². The summed E-state index contributed by atoms with van der Waals surface area (Å²) in [5, 5.41) is 36.7. The van der Waals surface area contributed by atoms with E-state index in [1.807, 2.05) is 11.2 Å². The van der Waals surface area contributed by atoms with Gasteiger partial charge in [-0.1, -0.05) is 0 Å². The normalized spacial score (nSPS) is 16.6. The van der Waals surface area contributed by atoms with Crippen molar-refractivity contribution in [2.45, 2.75) is 12.8 Å². The first-order chi connectivity index (χ1) is 21.0. The van der Waals surface area contributed by atoms with Gasteiger partial charge in [0.05, 0.1) is 26.2 Å². The highest BCUT2D eigenvalue weighted by Crippen LogP contribution is 2.14. The SMILES string of the molecule is CSCCCCNc1c(NCCNC(=O)CN2CCN(CC(=O)O)CCN(CC(=O)O)CCN(CC(=O)O)CC2)c(=O)c1=O. The summed E-state index contributed by atoms with van der Waals surface area (Å²) in [7, 11) is 0. The number of carboxylic acids is 3. The van der Waals surface area contributed by atoms with Crippen molar-refractivity contribution in [1.29, 1.82) is 0 Å². The van der Waals surface area contributed by atoms with Crippen molar-refractivity contribution in [3.63, 3.8) is 0 Å². The van der Waals surface area contributed by atoms with Crippen LogP contribution in [0.1, 0.15) is 12.8 Å². The molecule has 0 radical (unpaired) electrons. The number of aliphatic carboxylic acids is 3. The molecular weight excluding hydrogens is 598 g/mol. The Labute approximate surface area is 260 Å². The molecular formula is C27H45N7O9S. The second-order valence-corrected chi connectivity index (χ2v) is 11.6. The molecule has 0 aliphatic carbocycles. The average molecular weight is 644 g/mol. The van der Waals surface area contributed by atoms with Crippen molar-refractivity contribution in [3.05, 3.63) is 20.4 Å². The lowest BCUT2D eigenvalue weighted by atomic mass is 10.2. The van der Waals surface area contributed by atoms with Crippen LogP contribution in [0.25, 0.3) is 0 Å². The Hall–Kier alpha value is -3.25. The fourth-order valence-electron chi connectivity index (χ4n) is 4.75. The minimum Gasteiger partial charge on any atom is -0.480 e. The van der Waals surface area contributed by atoms with Gasteiger partial charge in [-0.15, -0.1) is 0 Å². The molecule has 1 aromatic rings. The Balaban J connectivity index is 1.94. The van der Waals surface area contributed by atoms with Crippen LogP contribution in [0.4, 0.5) is 11.4 Å². The molecule has 6 N–H and O–H groups in total. The first kappa shape index (κ1) is 36.9. The molecule has 0 aromatic heterocycles. The maximum absolute atomic E-state index is 12.8. The van der Waals surface area contributed by atoms with Crippen LogP contribution in [0.3, 0.4) is 0 Å². The zero-order chi connectivity index (χ0) is 32.5. The van der Waals surface area contributed by atoms with E-state index in [4.69, 9.17) is 0 Å². The largest absolute Gasteiger partial charge is 0.480 e. The molecule has 1 aliphatic heterocycles. The molecule has 0 unspecified atom stereocenters. The summed E-state index contributed by atoms with van der Waals surface area (Å²) in [6.45, 7) is 2.65. The van der Waals surface area contributed by atoms with Gasteiger partial charge in [0.2, 0.25) is 5.91 Å². The number of unbranched alkanes of at least 4 members (excludes halogenated alkanes) is 1. The topological polar surface area (TPSA) is 212 Å². The number of anilines is 2. The van der Waals surface area contributed by atoms with Crippen LogP contribution in [0.5, 0.6) is 0 Å². The number of nitrogens with zero attached hydrogens (tertiary/aromatic N) is 4. The Morgan fingerprint density at radius 1 is 0.614 bits per heavy atom. The summed E-state index contributed by atoms with van der Waals surface area (Å²) in [5.41, 5.74) is -0.658. The van der Waals surface area contributed by atoms with Gasteiger partial charge in [-0.3, -0.25) is 48.4 Å². The van der Waals surface area contributed by atoms with Gasteiger partial charge < -0.3 is 31.3 Å². The number of thioether (sulfide) groups is 1. The fraction of sp³-hybridized carbons (Fsp3) is 0.704. The molecule has 44 heavy (non-hydrogen) atoms. The van der Waals surface area contributed by atoms with Crippen LogP contribution < -0.4 is 26.8 Å². The van der Waals surface area contributed by atoms with Crippen molar-refractivity contribution in [2.24, 2.45) is 0 Å². The molecule has 1 aromatic carbocycles. The predicted octanol–water partition coefficient (Wildman–Crippen LogP) is -2.16. The number of rotatable bonds is 18. The average Bonchev–Trinajstić information content (AvgIpc) is 2.95. The van der Waals surface area contributed by atoms with Crippen molar-refractivity contribution in [3.8, 4) is 0 Å². The van der Waals surface area contributed by atoms with Gasteiger partial charge in [0.25, 0.3) is 10.9 Å². The molecule has 248 valence electrons. The molecule has 0 saturated carbocycles. The van der Waals surface area contributed by atoms with Crippen LogP contribution in [0, 0.1) is 0 Å². The van der Waals surface area contributed by atoms with Crippen LogP contribution >= 0.6 is 11.8 Å². The number of carbonyl (C=O) groups excluding carboxylic acids is 1. The molecule has 0 bridgehead atoms. The molecule has 16 nitrogen and oxygen atoms in total. The van der Waals surface area contributed by atoms with Crippen LogP contribution in [-0.2, 0) is 19.2 Å². The van der Waals surface area contributed by atoms with E-state index < -0.39 is 28.8 Å². The van der Waals surface area contributed by atoms with E-state index in [0.29, 0.717) is 32.7 Å². The second kappa shape index (κ2) is 19.9. The van der Waals surface area contributed by atoms with E-state index in [1.165, 1.54) is 0 Å². The third-order valence-electron chi connectivity index (χ3n) is 7.11. The summed E-state index contributed by atoms with van der Waals surface area (Å²) < 4.78 is 0. The number of amides is 1. The van der Waals surface area contributed by atoms with Gasteiger partial charge in [0.1, 0.15) is 11.4 Å². The number of hydrogen-bond donors (Lipinski definition) is 6. The standard InChI is InChI=1S/C27H45N7O9S/c1-44-15-3-2-4-29-24-25(27(43)26(24)42)30-6-5-28-20(35)16-31-7-9-32(17-21(36)37)11-13-34(19-23(40)41)14-12-33(10-8-31)18-22(38)39/h29-30H,2-19H2,1H3,(H,28,35)(H,36,37)(H,38,39)(H,40,41). The molecule has 1 aliphatic rings. The quantitative estimate of drug-likeness (QED) is 0.0743. The highest BCUT2D eigenvalue weighted by atomic mass is 32.2. The predicted molar refractivity (Wildman–Crippen MR) is 168 cm³/mol. The summed E-state index contributed by atoms with van der Waals surface area (Å²) in [5.74, 6) is -2.37. The Bertz CT molecular complexity index is 1130. The van der Waals surface area contributed by atoms with E-state index >= 15 is 0 Å². The third-order valence-corrected chi connectivity index (χ3v) is 7.81. The number of carbonyl (C=O) groups is 4. The minimum atomic E-state index is -1.03. The van der Waals surface area contributed by atoms with E-state index in [-0.39, 0.29) is 82.7 Å². The molecule has 1 amide bonds. The first-order valence-corrected chi connectivity index (χ1v) is 16.0. The van der Waals surface area contributed by atoms with Gasteiger partial charge in [-0.25, -0.2) is 0 Å². The Morgan fingerprint density at radius 3 is 1.39 bits per heavy atom. The number of nitrogens with one attached hydrogen (secondary N) is 3. The van der Waals surface area contributed by atoms with Gasteiger partial charge in [0.15, 0.2) is 0 Å². The third kappa shape index (κ3) is 14.0. The molecule has 1 heterocycles. The number of carboxylic acid groups (broad SMARTS) is 3. The summed E-state index contributed by atoms with van der Waals surface area (Å²) >= 11 is 1.74. The summed E-state index contributed by atoms with van der Waals surface area (Å²) in [4.78, 5) is 77.7. The second-order valence-electron chi connectivity index (χ2n) is 10.6. The molecule has 17 heteroatoms. The molecule has 1 fully saturated rings. The molecule has 0 atom stereocenters. The van der Waals surface area contributed by atoms with E-state index in [1.54, 1.807) is 26.5 Å². The molecule has 2 rings (SSSR count). The zero-order valence-corrected chi connectivity index (χ0v) is 26.0. The molecule has 0 spiro atoms. The summed E-state index contributed by atoms with van der Waals surface area (Å²) in [6, 6.07) is 0. The van der Waals surface area contributed by atoms with Gasteiger partial charge in [-0.05, 0) is 24.9 Å². The Morgan fingerprint density at radius 2 is 1.00 bits per heavy atom. The fourth-order valence-corrected chi connectivity index (χ4v) is 5.24. The first-order valence-electron chi connectivity index (χ1n) is 14.6. The van der Waals surface area contributed by atoms with E-state index in [2.05, 4.69) is 16.0 Å².